The zero-order chi connectivity index (χ0) is 16.0. The van der Waals surface area contributed by atoms with Crippen molar-refractivity contribution in [2.45, 2.75) is 44.6 Å². The van der Waals surface area contributed by atoms with Crippen LogP contribution in [0.25, 0.3) is 0 Å². The van der Waals surface area contributed by atoms with Gasteiger partial charge in [-0.25, -0.2) is 0 Å². The van der Waals surface area contributed by atoms with E-state index in [1.165, 1.54) is 0 Å². The Balaban J connectivity index is 1.73. The Bertz CT molecular complexity index is 516. The van der Waals surface area contributed by atoms with Crippen molar-refractivity contribution in [3.05, 3.63) is 24.5 Å². The number of pyridine rings is 1. The minimum Gasteiger partial charge on any atom is -0.355 e. The molecule has 4 N–H and O–H groups in total. The summed E-state index contributed by atoms with van der Waals surface area (Å²) in [6, 6.07) is 3.44. The van der Waals surface area contributed by atoms with Crippen molar-refractivity contribution in [3.8, 4) is 0 Å². The molecule has 120 valence electrons. The van der Waals surface area contributed by atoms with Gasteiger partial charge in [-0.3, -0.25) is 14.6 Å². The summed E-state index contributed by atoms with van der Waals surface area (Å²) >= 11 is 0. The second-order valence-corrected chi connectivity index (χ2v) is 6.13. The summed E-state index contributed by atoms with van der Waals surface area (Å²) in [6.07, 6.45) is 7.27. The van der Waals surface area contributed by atoms with Gasteiger partial charge in [0.1, 0.15) is 0 Å². The monoisotopic (exact) mass is 304 g/mol. The van der Waals surface area contributed by atoms with Gasteiger partial charge in [0.05, 0.1) is 5.92 Å². The maximum absolute atomic E-state index is 12.2. The number of amides is 2. The van der Waals surface area contributed by atoms with Crippen molar-refractivity contribution in [2.24, 2.45) is 11.7 Å². The van der Waals surface area contributed by atoms with Gasteiger partial charge < -0.3 is 16.4 Å². The summed E-state index contributed by atoms with van der Waals surface area (Å²) in [5.41, 5.74) is 6.47. The molecule has 1 aliphatic carbocycles. The Labute approximate surface area is 130 Å². The zero-order valence-electron chi connectivity index (χ0n) is 13.0. The highest BCUT2D eigenvalue weighted by molar-refractivity contribution is 5.91. The number of carbonyl (C=O) groups excluding carboxylic acids is 2. The lowest BCUT2D eigenvalue weighted by atomic mass is 9.74. The normalized spacial score (nSPS) is 24.5. The Morgan fingerprint density at radius 3 is 2.77 bits per heavy atom. The zero-order valence-corrected chi connectivity index (χ0v) is 13.0. The molecule has 6 heteroatoms. The van der Waals surface area contributed by atoms with Gasteiger partial charge in [0.2, 0.25) is 11.8 Å². The molecular formula is C16H24N4O2. The molecule has 1 saturated carbocycles. The highest BCUT2D eigenvalue weighted by Crippen LogP contribution is 2.31. The smallest absolute Gasteiger partial charge is 0.226 e. The lowest BCUT2D eigenvalue weighted by Crippen LogP contribution is -2.53. The molecule has 0 aromatic carbocycles. The van der Waals surface area contributed by atoms with E-state index in [0.29, 0.717) is 12.2 Å². The van der Waals surface area contributed by atoms with E-state index in [1.807, 2.05) is 6.92 Å². The number of hydrogen-bond donors (Lipinski definition) is 3. The van der Waals surface area contributed by atoms with Gasteiger partial charge in [-0.05, 0) is 31.9 Å². The van der Waals surface area contributed by atoms with Crippen molar-refractivity contribution in [1.29, 1.82) is 0 Å². The van der Waals surface area contributed by atoms with Crippen molar-refractivity contribution < 1.29 is 9.59 Å². The molecule has 0 spiro atoms. The molecule has 1 aromatic heterocycles. The molecule has 1 heterocycles. The lowest BCUT2D eigenvalue weighted by molar-refractivity contribution is -0.128. The van der Waals surface area contributed by atoms with Crippen LogP contribution in [0.1, 0.15) is 39.0 Å². The second-order valence-electron chi connectivity index (χ2n) is 6.13. The Morgan fingerprint density at radius 1 is 1.36 bits per heavy atom. The van der Waals surface area contributed by atoms with E-state index in [1.54, 1.807) is 24.5 Å². The van der Waals surface area contributed by atoms with Crippen LogP contribution in [0.15, 0.2) is 24.5 Å². The van der Waals surface area contributed by atoms with Gasteiger partial charge in [0.15, 0.2) is 0 Å². The average molecular weight is 304 g/mol. The van der Waals surface area contributed by atoms with Crippen molar-refractivity contribution in [3.63, 3.8) is 0 Å². The predicted molar refractivity (Wildman–Crippen MR) is 85.0 cm³/mol. The fourth-order valence-corrected chi connectivity index (χ4v) is 2.87. The molecule has 0 radical (unpaired) electrons. The largest absolute Gasteiger partial charge is 0.355 e. The van der Waals surface area contributed by atoms with E-state index in [2.05, 4.69) is 15.6 Å². The number of nitrogens with two attached hydrogens (primary N) is 1. The summed E-state index contributed by atoms with van der Waals surface area (Å²) in [4.78, 5) is 27.9. The van der Waals surface area contributed by atoms with Crippen LogP contribution in [-0.4, -0.2) is 28.9 Å². The van der Waals surface area contributed by atoms with Crippen LogP contribution < -0.4 is 16.4 Å². The average Bonchev–Trinajstić information content (AvgIpc) is 2.47. The van der Waals surface area contributed by atoms with Crippen LogP contribution >= 0.6 is 0 Å². The van der Waals surface area contributed by atoms with Gasteiger partial charge in [-0.2, -0.15) is 0 Å². The molecular weight excluding hydrogens is 280 g/mol. The molecule has 2 rings (SSSR count). The Kier molecular flexibility index (Phi) is 5.49. The van der Waals surface area contributed by atoms with E-state index >= 15 is 0 Å². The van der Waals surface area contributed by atoms with Crippen molar-refractivity contribution in [1.82, 2.24) is 10.3 Å². The van der Waals surface area contributed by atoms with Crippen LogP contribution in [-0.2, 0) is 9.59 Å². The fourth-order valence-electron chi connectivity index (χ4n) is 2.87. The number of nitrogens with one attached hydrogen (secondary N) is 2. The molecule has 0 saturated heterocycles. The Morgan fingerprint density at radius 2 is 2.09 bits per heavy atom. The first-order valence-corrected chi connectivity index (χ1v) is 7.75. The summed E-state index contributed by atoms with van der Waals surface area (Å²) in [7, 11) is 0. The number of carbonyl (C=O) groups is 2. The predicted octanol–water partition coefficient (Wildman–Crippen LogP) is 1.43. The van der Waals surface area contributed by atoms with Crippen LogP contribution in [0, 0.1) is 5.92 Å². The molecule has 0 aliphatic heterocycles. The quantitative estimate of drug-likeness (QED) is 0.766. The van der Waals surface area contributed by atoms with Crippen molar-refractivity contribution >= 4 is 17.5 Å². The number of aromatic nitrogens is 1. The first kappa shape index (κ1) is 16.4. The highest BCUT2D eigenvalue weighted by atomic mass is 16.2. The number of anilines is 1. The van der Waals surface area contributed by atoms with E-state index in [9.17, 15) is 9.59 Å². The Hall–Kier alpha value is -1.95. The van der Waals surface area contributed by atoms with Gasteiger partial charge in [0, 0.05) is 36.6 Å². The van der Waals surface area contributed by atoms with Gasteiger partial charge >= 0.3 is 0 Å². The topological polar surface area (TPSA) is 97.1 Å². The minimum absolute atomic E-state index is 0.0404. The SMILES string of the molecule is CC1(N)CCCCC1C(=O)NCCC(=O)Nc1ccncc1. The summed E-state index contributed by atoms with van der Waals surface area (Å²) in [6.45, 7) is 2.26. The molecule has 2 amide bonds. The highest BCUT2D eigenvalue weighted by Gasteiger charge is 2.37. The summed E-state index contributed by atoms with van der Waals surface area (Å²) in [5.74, 6) is -0.337. The van der Waals surface area contributed by atoms with E-state index in [-0.39, 0.29) is 24.2 Å². The molecule has 0 bridgehead atoms. The van der Waals surface area contributed by atoms with Crippen LogP contribution in [0.3, 0.4) is 0 Å². The standard InChI is InChI=1S/C16H24N4O2/c1-16(17)8-3-2-4-13(16)15(22)19-11-7-14(21)20-12-5-9-18-10-6-12/h5-6,9-10,13H,2-4,7-8,11,17H2,1H3,(H,19,22)(H,18,20,21). The molecule has 6 nitrogen and oxygen atoms in total. The lowest BCUT2D eigenvalue weighted by Gasteiger charge is -2.37. The number of nitrogens with zero attached hydrogens (tertiary/aromatic N) is 1. The molecule has 22 heavy (non-hydrogen) atoms. The van der Waals surface area contributed by atoms with Crippen molar-refractivity contribution in [2.75, 3.05) is 11.9 Å². The molecule has 1 aromatic rings. The number of hydrogen-bond acceptors (Lipinski definition) is 4. The van der Waals surface area contributed by atoms with E-state index in [0.717, 1.165) is 25.7 Å². The molecule has 2 unspecified atom stereocenters. The van der Waals surface area contributed by atoms with Crippen LogP contribution in [0.4, 0.5) is 5.69 Å². The van der Waals surface area contributed by atoms with Crippen LogP contribution in [0.5, 0.6) is 0 Å². The molecule has 2 atom stereocenters. The third-order valence-corrected chi connectivity index (χ3v) is 4.19. The maximum atomic E-state index is 12.2. The first-order chi connectivity index (χ1) is 10.5. The number of rotatable bonds is 5. The van der Waals surface area contributed by atoms with Gasteiger partial charge in [-0.1, -0.05) is 12.8 Å². The molecule has 1 fully saturated rings. The summed E-state index contributed by atoms with van der Waals surface area (Å²) < 4.78 is 0. The fraction of sp³-hybridized carbons (Fsp3) is 0.562. The van der Waals surface area contributed by atoms with Gasteiger partial charge in [0.25, 0.3) is 0 Å². The van der Waals surface area contributed by atoms with E-state index in [4.69, 9.17) is 5.73 Å². The summed E-state index contributed by atoms with van der Waals surface area (Å²) in [5, 5.41) is 5.59. The van der Waals surface area contributed by atoms with Gasteiger partial charge in [-0.15, -0.1) is 0 Å². The third-order valence-electron chi connectivity index (χ3n) is 4.19. The maximum Gasteiger partial charge on any atom is 0.226 e. The van der Waals surface area contributed by atoms with E-state index < -0.39 is 5.54 Å². The van der Waals surface area contributed by atoms with Crippen LogP contribution in [0.2, 0.25) is 0 Å². The first-order valence-electron chi connectivity index (χ1n) is 7.75. The molecule has 1 aliphatic rings. The minimum atomic E-state index is -0.443. The second kappa shape index (κ2) is 7.35. The third kappa shape index (κ3) is 4.53.